The molecule has 7 heteroatoms. The molecule has 0 aliphatic heterocycles. The van der Waals surface area contributed by atoms with Crippen LogP contribution in [-0.2, 0) is 11.3 Å². The Balaban J connectivity index is 2.12. The monoisotopic (exact) mass is 394 g/mol. The van der Waals surface area contributed by atoms with E-state index in [9.17, 15) is 4.79 Å². The molecular weight excluding hydrogens is 375 g/mol. The number of hydrogen-bond acceptors (Lipinski definition) is 4. The minimum atomic E-state index is -0.358. The minimum absolute atomic E-state index is 0.195. The number of nitrogens with zero attached hydrogens (tertiary/aromatic N) is 2. The summed E-state index contributed by atoms with van der Waals surface area (Å²) in [5.41, 5.74) is 0.319. The SMILES string of the molecule is COCC(C)(C)C#Cc1nc(Cl)n(CCOc2ccc(Cl)cc2)c1C=O. The number of hydrogen-bond donors (Lipinski definition) is 0. The molecule has 0 bridgehead atoms. The smallest absolute Gasteiger partial charge is 0.204 e. The van der Waals surface area contributed by atoms with Crippen molar-refractivity contribution in [3.63, 3.8) is 0 Å². The summed E-state index contributed by atoms with van der Waals surface area (Å²) < 4.78 is 12.4. The molecule has 1 aromatic carbocycles. The highest BCUT2D eigenvalue weighted by atomic mass is 35.5. The van der Waals surface area contributed by atoms with Crippen LogP contribution in [0.4, 0.5) is 0 Å². The highest BCUT2D eigenvalue weighted by molar-refractivity contribution is 6.30. The second-order valence-electron chi connectivity index (χ2n) is 6.25. The van der Waals surface area contributed by atoms with Gasteiger partial charge in [-0.15, -0.1) is 0 Å². The fraction of sp³-hybridized carbons (Fsp3) is 0.368. The van der Waals surface area contributed by atoms with Gasteiger partial charge < -0.3 is 14.0 Å². The molecule has 2 rings (SSSR count). The van der Waals surface area contributed by atoms with Crippen LogP contribution in [0.3, 0.4) is 0 Å². The lowest BCUT2D eigenvalue weighted by Crippen LogP contribution is -2.15. The Hall–Kier alpha value is -2.00. The topological polar surface area (TPSA) is 53.4 Å². The maximum atomic E-state index is 11.5. The van der Waals surface area contributed by atoms with E-state index in [0.717, 1.165) is 0 Å². The number of aldehydes is 1. The highest BCUT2D eigenvalue weighted by Gasteiger charge is 2.17. The summed E-state index contributed by atoms with van der Waals surface area (Å²) in [6.45, 7) is 5.05. The first kappa shape index (κ1) is 20.3. The lowest BCUT2D eigenvalue weighted by molar-refractivity contribution is 0.111. The highest BCUT2D eigenvalue weighted by Crippen LogP contribution is 2.18. The molecule has 0 saturated heterocycles. The third-order valence-corrected chi connectivity index (χ3v) is 4.03. The second-order valence-corrected chi connectivity index (χ2v) is 7.03. The number of rotatable bonds is 7. The Morgan fingerprint density at radius 3 is 2.58 bits per heavy atom. The predicted molar refractivity (Wildman–Crippen MR) is 102 cm³/mol. The summed E-state index contributed by atoms with van der Waals surface area (Å²) in [6, 6.07) is 7.03. The molecule has 0 fully saturated rings. The quantitative estimate of drug-likeness (QED) is 0.523. The fourth-order valence-corrected chi connectivity index (χ4v) is 2.66. The summed E-state index contributed by atoms with van der Waals surface area (Å²) in [4.78, 5) is 15.7. The first-order chi connectivity index (χ1) is 12.4. The predicted octanol–water partition coefficient (Wildman–Crippen LogP) is 4.11. The Labute approximate surface area is 163 Å². The van der Waals surface area contributed by atoms with Crippen LogP contribution in [-0.4, -0.2) is 36.2 Å². The Kier molecular flexibility index (Phi) is 7.10. The largest absolute Gasteiger partial charge is 0.492 e. The van der Waals surface area contributed by atoms with Crippen LogP contribution in [0.5, 0.6) is 5.75 Å². The second kappa shape index (κ2) is 9.09. The molecule has 0 spiro atoms. The van der Waals surface area contributed by atoms with Crippen LogP contribution < -0.4 is 4.74 Å². The number of imidazole rings is 1. The molecule has 1 aromatic heterocycles. The molecule has 0 saturated carbocycles. The summed E-state index contributed by atoms with van der Waals surface area (Å²) in [7, 11) is 1.62. The molecule has 0 amide bonds. The van der Waals surface area contributed by atoms with E-state index in [0.29, 0.717) is 48.2 Å². The lowest BCUT2D eigenvalue weighted by atomic mass is 9.96. The van der Waals surface area contributed by atoms with Crippen LogP contribution in [0.1, 0.15) is 30.0 Å². The van der Waals surface area contributed by atoms with Gasteiger partial charge >= 0.3 is 0 Å². The van der Waals surface area contributed by atoms with Gasteiger partial charge in [0.15, 0.2) is 6.29 Å². The van der Waals surface area contributed by atoms with Crippen molar-refractivity contribution in [3.8, 4) is 17.6 Å². The molecule has 0 radical (unpaired) electrons. The maximum absolute atomic E-state index is 11.5. The molecular formula is C19H20Cl2N2O3. The van der Waals surface area contributed by atoms with Crippen molar-refractivity contribution < 1.29 is 14.3 Å². The average Bonchev–Trinajstić information content (AvgIpc) is 2.90. The summed E-state index contributed by atoms with van der Waals surface area (Å²) >= 11 is 12.0. The van der Waals surface area contributed by atoms with Gasteiger partial charge in [-0.3, -0.25) is 4.79 Å². The number of carbonyl (C=O) groups excluding carboxylic acids is 1. The van der Waals surface area contributed by atoms with Crippen molar-refractivity contribution >= 4 is 29.5 Å². The molecule has 0 atom stereocenters. The zero-order valence-corrected chi connectivity index (χ0v) is 16.4. The molecule has 1 heterocycles. The molecule has 2 aromatic rings. The van der Waals surface area contributed by atoms with E-state index < -0.39 is 0 Å². The van der Waals surface area contributed by atoms with Crippen LogP contribution >= 0.6 is 23.2 Å². The van der Waals surface area contributed by atoms with Crippen LogP contribution in [0.2, 0.25) is 10.3 Å². The maximum Gasteiger partial charge on any atom is 0.204 e. The van der Waals surface area contributed by atoms with E-state index in [-0.39, 0.29) is 10.7 Å². The Morgan fingerprint density at radius 2 is 1.96 bits per heavy atom. The van der Waals surface area contributed by atoms with Crippen molar-refractivity contribution in [2.24, 2.45) is 5.41 Å². The zero-order chi connectivity index (χ0) is 19.2. The molecule has 138 valence electrons. The number of methoxy groups -OCH3 is 1. The first-order valence-electron chi connectivity index (χ1n) is 7.98. The van der Waals surface area contributed by atoms with Gasteiger partial charge in [-0.25, -0.2) is 4.98 Å². The standard InChI is InChI=1S/C19H20Cl2N2O3/c1-19(2,13-25-3)9-8-16-17(12-24)23(18(21)22-16)10-11-26-15-6-4-14(20)5-7-15/h4-7,12H,10-11,13H2,1-3H3. The molecule has 0 N–H and O–H groups in total. The molecule has 26 heavy (non-hydrogen) atoms. The van der Waals surface area contributed by atoms with Gasteiger partial charge in [-0.1, -0.05) is 17.5 Å². The van der Waals surface area contributed by atoms with Gasteiger partial charge in [0.25, 0.3) is 0 Å². The van der Waals surface area contributed by atoms with Gasteiger partial charge in [0, 0.05) is 17.5 Å². The Morgan fingerprint density at radius 1 is 1.27 bits per heavy atom. The number of aromatic nitrogens is 2. The van der Waals surface area contributed by atoms with E-state index in [1.807, 2.05) is 13.8 Å². The van der Waals surface area contributed by atoms with Gasteiger partial charge in [0.05, 0.1) is 13.2 Å². The number of ether oxygens (including phenoxy) is 2. The van der Waals surface area contributed by atoms with Crippen LogP contribution in [0.15, 0.2) is 24.3 Å². The van der Waals surface area contributed by atoms with Gasteiger partial charge in [-0.2, -0.15) is 0 Å². The molecule has 0 aliphatic carbocycles. The van der Waals surface area contributed by atoms with Crippen molar-refractivity contribution in [1.29, 1.82) is 0 Å². The number of halogens is 2. The lowest BCUT2D eigenvalue weighted by Gasteiger charge is -2.15. The van der Waals surface area contributed by atoms with Crippen molar-refractivity contribution in [2.45, 2.75) is 20.4 Å². The zero-order valence-electron chi connectivity index (χ0n) is 14.9. The molecule has 0 aliphatic rings. The van der Waals surface area contributed by atoms with Gasteiger partial charge in [-0.05, 0) is 55.6 Å². The van der Waals surface area contributed by atoms with E-state index in [1.54, 1.807) is 35.9 Å². The van der Waals surface area contributed by atoms with Crippen molar-refractivity contribution in [1.82, 2.24) is 9.55 Å². The van der Waals surface area contributed by atoms with Gasteiger partial charge in [0.2, 0.25) is 5.28 Å². The summed E-state index contributed by atoms with van der Waals surface area (Å²) in [6.07, 6.45) is 0.703. The Bertz CT molecular complexity index is 818. The third-order valence-electron chi connectivity index (χ3n) is 3.49. The first-order valence-corrected chi connectivity index (χ1v) is 8.73. The van der Waals surface area contributed by atoms with E-state index in [2.05, 4.69) is 16.8 Å². The molecule has 0 unspecified atom stereocenters. The van der Waals surface area contributed by atoms with Crippen LogP contribution in [0, 0.1) is 17.3 Å². The normalized spacial score (nSPS) is 11.0. The van der Waals surface area contributed by atoms with Crippen molar-refractivity contribution in [2.75, 3.05) is 20.3 Å². The van der Waals surface area contributed by atoms with E-state index >= 15 is 0 Å². The molecule has 5 nitrogen and oxygen atoms in total. The summed E-state index contributed by atoms with van der Waals surface area (Å²) in [5.74, 6) is 6.68. The average molecular weight is 395 g/mol. The van der Waals surface area contributed by atoms with E-state index in [1.165, 1.54) is 0 Å². The van der Waals surface area contributed by atoms with E-state index in [4.69, 9.17) is 32.7 Å². The van der Waals surface area contributed by atoms with Crippen LogP contribution in [0.25, 0.3) is 0 Å². The number of carbonyl (C=O) groups is 1. The summed E-state index contributed by atoms with van der Waals surface area (Å²) in [5, 5.41) is 0.832. The minimum Gasteiger partial charge on any atom is -0.492 e. The fourth-order valence-electron chi connectivity index (χ4n) is 2.27. The van der Waals surface area contributed by atoms with Gasteiger partial charge in [0.1, 0.15) is 23.7 Å². The number of benzene rings is 1. The van der Waals surface area contributed by atoms with Crippen molar-refractivity contribution in [3.05, 3.63) is 46.0 Å². The third kappa shape index (κ3) is 5.50.